The summed E-state index contributed by atoms with van der Waals surface area (Å²) in [7, 11) is 0. The van der Waals surface area contributed by atoms with Crippen LogP contribution in [0, 0.1) is 15.1 Å². The van der Waals surface area contributed by atoms with Gasteiger partial charge in [0.25, 0.3) is 5.91 Å². The summed E-state index contributed by atoms with van der Waals surface area (Å²) in [6.07, 6.45) is 6.97. The highest BCUT2D eigenvalue weighted by molar-refractivity contribution is 14.1. The Bertz CT molecular complexity index is 549. The molecule has 0 aliphatic heterocycles. The topological polar surface area (TPSA) is 66.0 Å². The van der Waals surface area contributed by atoms with Crippen molar-refractivity contribution in [3.63, 3.8) is 0 Å². The van der Waals surface area contributed by atoms with E-state index in [1.54, 1.807) is 6.07 Å². The van der Waals surface area contributed by atoms with Crippen LogP contribution in [0.5, 0.6) is 0 Å². The number of furan rings is 1. The van der Waals surface area contributed by atoms with Crippen molar-refractivity contribution in [1.29, 1.82) is 5.26 Å². The molecule has 1 aliphatic rings. The molecule has 1 amide bonds. The molecule has 1 aromatic rings. The first-order valence-electron chi connectivity index (χ1n) is 6.47. The molecule has 20 heavy (non-hydrogen) atoms. The SMILES string of the molecule is N#C/C(=C/c1cc(Br)c(I)o1)C(=O)NC1CCCCC1. The Morgan fingerprint density at radius 2 is 2.20 bits per heavy atom. The Labute approximate surface area is 139 Å². The molecule has 0 bridgehead atoms. The summed E-state index contributed by atoms with van der Waals surface area (Å²) in [5.41, 5.74) is 0.0771. The van der Waals surface area contributed by atoms with Crippen LogP contribution in [0.25, 0.3) is 6.08 Å². The van der Waals surface area contributed by atoms with Crippen LogP contribution < -0.4 is 5.32 Å². The lowest BCUT2D eigenvalue weighted by Crippen LogP contribution is -2.36. The number of rotatable bonds is 3. The Hall–Kier alpha value is -0.810. The molecule has 0 aromatic carbocycles. The molecule has 1 saturated carbocycles. The van der Waals surface area contributed by atoms with Gasteiger partial charge >= 0.3 is 0 Å². The Morgan fingerprint density at radius 1 is 1.50 bits per heavy atom. The highest BCUT2D eigenvalue weighted by atomic mass is 127. The summed E-state index contributed by atoms with van der Waals surface area (Å²) >= 11 is 5.37. The number of carbonyl (C=O) groups excluding carboxylic acids is 1. The Morgan fingerprint density at radius 3 is 2.75 bits per heavy atom. The number of nitrogens with one attached hydrogen (secondary N) is 1. The van der Waals surface area contributed by atoms with Crippen LogP contribution in [0.15, 0.2) is 20.5 Å². The van der Waals surface area contributed by atoms with Crippen molar-refractivity contribution in [2.45, 2.75) is 38.1 Å². The third kappa shape index (κ3) is 4.09. The monoisotopic (exact) mass is 448 g/mol. The molecule has 106 valence electrons. The van der Waals surface area contributed by atoms with E-state index in [9.17, 15) is 4.79 Å². The van der Waals surface area contributed by atoms with Gasteiger partial charge < -0.3 is 9.73 Å². The number of amides is 1. The summed E-state index contributed by atoms with van der Waals surface area (Å²) in [4.78, 5) is 12.1. The summed E-state index contributed by atoms with van der Waals surface area (Å²) in [6.45, 7) is 0. The van der Waals surface area contributed by atoms with Crippen LogP contribution in [-0.2, 0) is 4.79 Å². The fraction of sp³-hybridized carbons (Fsp3) is 0.429. The maximum absolute atomic E-state index is 12.1. The van der Waals surface area contributed by atoms with Crippen molar-refractivity contribution < 1.29 is 9.21 Å². The van der Waals surface area contributed by atoms with Crippen molar-refractivity contribution in [3.05, 3.63) is 25.6 Å². The maximum Gasteiger partial charge on any atom is 0.262 e. The number of nitrogens with zero attached hydrogens (tertiary/aromatic N) is 1. The van der Waals surface area contributed by atoms with Crippen LogP contribution in [0.3, 0.4) is 0 Å². The molecule has 6 heteroatoms. The van der Waals surface area contributed by atoms with E-state index in [2.05, 4.69) is 21.2 Å². The van der Waals surface area contributed by atoms with Gasteiger partial charge in [-0.3, -0.25) is 4.79 Å². The first-order chi connectivity index (χ1) is 9.60. The Kier molecular flexibility index (Phi) is 5.66. The summed E-state index contributed by atoms with van der Waals surface area (Å²) in [6, 6.07) is 3.87. The van der Waals surface area contributed by atoms with Gasteiger partial charge in [-0.15, -0.1) is 0 Å². The van der Waals surface area contributed by atoms with Crippen LogP contribution in [0.1, 0.15) is 37.9 Å². The van der Waals surface area contributed by atoms with E-state index >= 15 is 0 Å². The minimum Gasteiger partial charge on any atom is -0.450 e. The lowest BCUT2D eigenvalue weighted by molar-refractivity contribution is -0.117. The molecule has 4 nitrogen and oxygen atoms in total. The predicted molar refractivity (Wildman–Crippen MR) is 87.7 cm³/mol. The fourth-order valence-electron chi connectivity index (χ4n) is 2.24. The molecule has 0 spiro atoms. The number of nitriles is 1. The average Bonchev–Trinajstić information content (AvgIpc) is 2.76. The van der Waals surface area contributed by atoms with Gasteiger partial charge in [-0.05, 0) is 34.8 Å². The van der Waals surface area contributed by atoms with Gasteiger partial charge in [0.2, 0.25) is 0 Å². The van der Waals surface area contributed by atoms with Gasteiger partial charge in [0, 0.05) is 34.7 Å². The van der Waals surface area contributed by atoms with Gasteiger partial charge in [-0.1, -0.05) is 19.3 Å². The quantitative estimate of drug-likeness (QED) is 0.431. The molecule has 0 saturated heterocycles. The normalized spacial score (nSPS) is 16.8. The number of carbonyl (C=O) groups is 1. The largest absolute Gasteiger partial charge is 0.450 e. The molecule has 1 aliphatic carbocycles. The second-order valence-electron chi connectivity index (χ2n) is 4.75. The van der Waals surface area contributed by atoms with E-state index in [-0.39, 0.29) is 17.5 Å². The maximum atomic E-state index is 12.1. The fourth-order valence-corrected chi connectivity index (χ4v) is 2.95. The number of hydrogen-bond donors (Lipinski definition) is 1. The van der Waals surface area contributed by atoms with Crippen LogP contribution >= 0.6 is 38.5 Å². The highest BCUT2D eigenvalue weighted by Crippen LogP contribution is 2.24. The van der Waals surface area contributed by atoms with Crippen LogP contribution in [-0.4, -0.2) is 11.9 Å². The van der Waals surface area contributed by atoms with Crippen molar-refractivity contribution in [2.24, 2.45) is 0 Å². The molecule has 0 unspecified atom stereocenters. The van der Waals surface area contributed by atoms with E-state index in [1.807, 2.05) is 28.7 Å². The number of halogens is 2. The molecule has 1 fully saturated rings. The highest BCUT2D eigenvalue weighted by Gasteiger charge is 2.18. The zero-order valence-corrected chi connectivity index (χ0v) is 14.5. The van der Waals surface area contributed by atoms with Crippen molar-refractivity contribution in [3.8, 4) is 6.07 Å². The molecule has 0 atom stereocenters. The smallest absolute Gasteiger partial charge is 0.262 e. The molecule has 1 aromatic heterocycles. The molecule has 2 rings (SSSR count). The Balaban J connectivity index is 2.07. The first kappa shape index (κ1) is 15.6. The molecule has 1 N–H and O–H groups in total. The average molecular weight is 449 g/mol. The van der Waals surface area contributed by atoms with Gasteiger partial charge in [0.1, 0.15) is 17.4 Å². The second-order valence-corrected chi connectivity index (χ2v) is 6.58. The molecule has 1 heterocycles. The minimum absolute atomic E-state index is 0.0771. The van der Waals surface area contributed by atoms with Gasteiger partial charge in [-0.2, -0.15) is 5.26 Å². The van der Waals surface area contributed by atoms with Crippen molar-refractivity contribution in [2.75, 3.05) is 0 Å². The second kappa shape index (κ2) is 7.27. The van der Waals surface area contributed by atoms with E-state index in [0.29, 0.717) is 9.53 Å². The van der Waals surface area contributed by atoms with Crippen LogP contribution in [0.2, 0.25) is 0 Å². The minimum atomic E-state index is -0.318. The van der Waals surface area contributed by atoms with Gasteiger partial charge in [0.15, 0.2) is 3.77 Å². The summed E-state index contributed by atoms with van der Waals surface area (Å²) in [5, 5.41) is 12.1. The van der Waals surface area contributed by atoms with E-state index in [4.69, 9.17) is 9.68 Å². The van der Waals surface area contributed by atoms with Crippen LogP contribution in [0.4, 0.5) is 0 Å². The lowest BCUT2D eigenvalue weighted by atomic mass is 9.95. The third-order valence-corrected chi connectivity index (χ3v) is 5.39. The third-order valence-electron chi connectivity index (χ3n) is 3.26. The molecule has 0 radical (unpaired) electrons. The summed E-state index contributed by atoms with van der Waals surface area (Å²) < 4.78 is 6.93. The van der Waals surface area contributed by atoms with Crippen molar-refractivity contribution >= 4 is 50.5 Å². The van der Waals surface area contributed by atoms with E-state index < -0.39 is 0 Å². The zero-order valence-electron chi connectivity index (χ0n) is 10.8. The zero-order chi connectivity index (χ0) is 14.5. The lowest BCUT2D eigenvalue weighted by Gasteiger charge is -2.22. The van der Waals surface area contributed by atoms with E-state index in [1.165, 1.54) is 12.5 Å². The predicted octanol–water partition coefficient (Wildman–Crippen LogP) is 4.00. The van der Waals surface area contributed by atoms with E-state index in [0.717, 1.165) is 30.2 Å². The number of hydrogen-bond acceptors (Lipinski definition) is 3. The van der Waals surface area contributed by atoms with Gasteiger partial charge in [-0.25, -0.2) is 0 Å². The summed E-state index contributed by atoms with van der Waals surface area (Å²) in [5.74, 6) is 0.179. The standard InChI is InChI=1S/C14H14BrIN2O2/c15-12-7-11(20-13(12)16)6-9(8-17)14(19)18-10-4-2-1-3-5-10/h6-7,10H,1-5H2,(H,18,19)/b9-6-. The van der Waals surface area contributed by atoms with Crippen molar-refractivity contribution in [1.82, 2.24) is 5.32 Å². The first-order valence-corrected chi connectivity index (χ1v) is 8.35. The molecular formula is C14H14BrIN2O2. The van der Waals surface area contributed by atoms with Gasteiger partial charge in [0.05, 0.1) is 4.47 Å². The molecular weight excluding hydrogens is 435 g/mol.